The third-order valence-electron chi connectivity index (χ3n) is 20.6. The van der Waals surface area contributed by atoms with Crippen LogP contribution in [0, 0.1) is 47.3 Å². The summed E-state index contributed by atoms with van der Waals surface area (Å²) in [5.74, 6) is 5.68. The van der Waals surface area contributed by atoms with Crippen molar-refractivity contribution in [1.82, 2.24) is 25.5 Å². The van der Waals surface area contributed by atoms with Crippen LogP contribution < -0.4 is 29.6 Å². The summed E-state index contributed by atoms with van der Waals surface area (Å²) in [4.78, 5) is 45.4. The third kappa shape index (κ3) is 35.2. The Morgan fingerprint density at radius 1 is 0.609 bits per heavy atom. The van der Waals surface area contributed by atoms with Crippen LogP contribution in [0.4, 0.5) is 5.69 Å². The van der Waals surface area contributed by atoms with Gasteiger partial charge in [0.1, 0.15) is 67.6 Å². The number of phenolic OH excluding ortho intramolecular Hbond substituents is 8. The number of allylic oxidation sites excluding steroid dienone is 4. The molecule has 1 atom stereocenters. The molecule has 4 heterocycles. The average Bonchev–Trinajstić information content (AvgIpc) is 1.58. The van der Waals surface area contributed by atoms with Gasteiger partial charge < -0.3 is 79.8 Å². The molecule has 15 rings (SSSR count). The van der Waals surface area contributed by atoms with Gasteiger partial charge in [0.2, 0.25) is 5.91 Å². The maximum absolute atomic E-state index is 12.8. The number of likely N-dealkylation sites (N-methyl/N-ethyl adjacent to an activating group) is 1. The minimum absolute atomic E-state index is 0. The van der Waals surface area contributed by atoms with E-state index in [0.717, 1.165) is 115 Å². The molecule has 1 aliphatic rings. The summed E-state index contributed by atoms with van der Waals surface area (Å²) in [5.41, 5.74) is 12.0. The Labute approximate surface area is 846 Å². The largest absolute Gasteiger partial charge is 0.508 e. The van der Waals surface area contributed by atoms with Gasteiger partial charge in [0.15, 0.2) is 46.0 Å². The Morgan fingerprint density at radius 3 is 1.81 bits per heavy atom. The molecule has 138 heavy (non-hydrogen) atoms. The molecule has 0 radical (unpaired) electrons. The monoisotopic (exact) mass is 2080 g/mol. The van der Waals surface area contributed by atoms with E-state index in [0.29, 0.717) is 112 Å². The van der Waals surface area contributed by atoms with Crippen LogP contribution >= 0.6 is 81.2 Å². The van der Waals surface area contributed by atoms with Crippen molar-refractivity contribution in [1.29, 1.82) is 0 Å². The first kappa shape index (κ1) is 114. The number of carbonyl (C=O) groups is 2. The van der Waals surface area contributed by atoms with E-state index in [4.69, 9.17) is 92.2 Å². The summed E-state index contributed by atoms with van der Waals surface area (Å²) in [7, 11) is 4.98. The van der Waals surface area contributed by atoms with Gasteiger partial charge in [-0.1, -0.05) is 178 Å². The van der Waals surface area contributed by atoms with E-state index in [1.807, 2.05) is 156 Å². The molecule has 14 aromatic rings. The number of nitrogens with one attached hydrogen (secondary N) is 2. The molecule has 23 nitrogen and oxygen atoms in total. The highest BCUT2D eigenvalue weighted by Crippen LogP contribution is 2.40. The summed E-state index contributed by atoms with van der Waals surface area (Å²) in [5, 5.41) is 96.1. The fourth-order valence-electron chi connectivity index (χ4n) is 13.3. The number of aromatic hydroxyl groups is 8. The van der Waals surface area contributed by atoms with Gasteiger partial charge in [0, 0.05) is 101 Å². The lowest BCUT2D eigenvalue weighted by Crippen LogP contribution is -2.29. The molecule has 11 aromatic carbocycles. The summed E-state index contributed by atoms with van der Waals surface area (Å²) < 4.78 is 27.5. The number of non-ortho nitro benzene ring substituents is 1. The maximum atomic E-state index is 12.8. The molecule has 0 saturated carbocycles. The number of amides is 1. The van der Waals surface area contributed by atoms with E-state index >= 15 is 0 Å². The number of unbranched alkanes of at least 4 members (excludes halogenated alkanes) is 2. The van der Waals surface area contributed by atoms with Crippen molar-refractivity contribution in [3.8, 4) is 74.7 Å². The van der Waals surface area contributed by atoms with Crippen molar-refractivity contribution in [2.75, 3.05) is 34.4 Å². The number of rotatable bonds is 22. The minimum Gasteiger partial charge on any atom is -0.508 e. The normalized spacial score (nSPS) is 11.0. The quantitative estimate of drug-likeness (QED) is 0.00573. The van der Waals surface area contributed by atoms with Gasteiger partial charge in [-0.3, -0.25) is 29.7 Å². The van der Waals surface area contributed by atoms with Gasteiger partial charge in [-0.25, -0.2) is 0 Å². The van der Waals surface area contributed by atoms with Crippen LogP contribution in [0.2, 0.25) is 20.1 Å². The molecule has 29 heteroatoms. The number of hydrogen-bond acceptors (Lipinski definition) is 21. The van der Waals surface area contributed by atoms with Crippen LogP contribution in [0.5, 0.6) is 74.7 Å². The van der Waals surface area contributed by atoms with E-state index in [2.05, 4.69) is 78.9 Å². The summed E-state index contributed by atoms with van der Waals surface area (Å²) in [6, 6.07) is 62.9. The number of thiocarbonyl (C=S) groups is 1. The highest BCUT2D eigenvalue weighted by molar-refractivity contribution is 14.1. The molecular weight excluding hydrogens is 1970 g/mol. The van der Waals surface area contributed by atoms with Crippen LogP contribution in [0.3, 0.4) is 0 Å². The predicted molar refractivity (Wildman–Crippen MR) is 570 cm³/mol. The Morgan fingerprint density at radius 2 is 1.20 bits per heavy atom. The van der Waals surface area contributed by atoms with E-state index < -0.39 is 4.92 Å². The van der Waals surface area contributed by atoms with Crippen LogP contribution in [0.15, 0.2) is 266 Å². The lowest BCUT2D eigenvalue weighted by atomic mass is 9.99. The van der Waals surface area contributed by atoms with Gasteiger partial charge in [-0.15, -0.1) is 0 Å². The van der Waals surface area contributed by atoms with Gasteiger partial charge in [-0.05, 0) is 296 Å². The van der Waals surface area contributed by atoms with Crippen LogP contribution in [0.1, 0.15) is 148 Å². The topological polar surface area (TPSA) is 342 Å². The van der Waals surface area contributed by atoms with Crippen molar-refractivity contribution >= 4 is 142 Å². The summed E-state index contributed by atoms with van der Waals surface area (Å²) in [6.07, 6.45) is 14.6. The van der Waals surface area contributed by atoms with E-state index in [9.17, 15) is 50.3 Å². The molecule has 1 amide bonds. The zero-order valence-electron chi connectivity index (χ0n) is 78.7. The molecule has 0 bridgehead atoms. The molecule has 10 N–H and O–H groups in total. The number of aryl methyl sites for hydroxylation is 5. The molecule has 0 aliphatic carbocycles. The predicted octanol–water partition coefficient (Wildman–Crippen LogP) is 28.1. The second-order valence-electron chi connectivity index (χ2n) is 31.5. The molecule has 0 spiro atoms. The first-order chi connectivity index (χ1) is 65.3. The van der Waals surface area contributed by atoms with Gasteiger partial charge in [-0.2, -0.15) is 0 Å². The number of para-hydroxylation sites is 1. The minimum atomic E-state index is -0.497. The van der Waals surface area contributed by atoms with E-state index in [1.54, 1.807) is 134 Å². The van der Waals surface area contributed by atoms with Gasteiger partial charge in [0.05, 0.1) is 43.7 Å². The number of phenols is 8. The maximum Gasteiger partial charge on any atom is 0.279 e. The number of pyridine rings is 2. The molecule has 1 aliphatic heterocycles. The molecular formula is C109H119Cl4IN6O17S. The Bertz CT molecular complexity index is 6420. The number of nitro benzene ring substituents is 1. The second-order valence-corrected chi connectivity index (χ2v) is 34.7. The van der Waals surface area contributed by atoms with E-state index in [-0.39, 0.29) is 70.6 Å². The zero-order chi connectivity index (χ0) is 101. The number of nitrogens with zero attached hydrogens (tertiary/aromatic N) is 4. The molecule has 728 valence electrons. The Balaban J connectivity index is 0.000000240. The van der Waals surface area contributed by atoms with Crippen molar-refractivity contribution in [2.24, 2.45) is 5.92 Å². The van der Waals surface area contributed by atoms with Crippen molar-refractivity contribution in [3.63, 3.8) is 0 Å². The highest BCUT2D eigenvalue weighted by Gasteiger charge is 2.22. The van der Waals surface area contributed by atoms with Crippen LogP contribution in [0.25, 0.3) is 38.3 Å². The standard InChI is InChI=1S/C18H27NO3.C18H16O2.C13H10Cl2O2.C12H17NO2S.C11H10O2.C10H15NO.C9H5ClINO.C9H6N2O3.C8H9ClO.CH4/c1-14(2)8-6-4-5-7-9-18(21)19-13-15-10-11-16(20)17(12-15)22-3;1-3-15-17(14-6-4-5-7-16(14)20-15)18(19)13-10-8-12(2)9-11-13;1-8-2-4-13(11(16)6-8)17-12-5-3-9(14)7-10(12)15;1-4-13(5-2)12(16)9-6-7-10(14)11(8-9)15-3;1-7-5-8(2)13-11-6-9(12)3-4-10(7)11;1-8(11-2)7-9-3-5-10(12)6-4-9;10-6-4-7(11)9(13)8-5(6)2-1-3-12-8;12-8-4-3-7(11(13)14)6-2-1-5-10-9(6)8;1-5-3-7(10)4-6(2)8(5)9;/h6,8,10-12,14,20H,4-5,7,9,13H2,1-3H3,(H,19,21);4-11H,3H2,1-2H3;2-7,16H,1H3;6-8,14H,4-5H2,1-3H3;3-6,12H,2H2,1H3;3-6,8,11-12H,7H2,1-2H3;1-4,13H;1-5,12H;3-4,10H,1-2H3;1H4/b8-6+;;;;;;;;;. The number of methoxy groups -OCH3 is 2. The number of benzene rings is 11. The first-order valence-electron chi connectivity index (χ1n) is 43.7. The lowest BCUT2D eigenvalue weighted by molar-refractivity contribution is -0.383. The van der Waals surface area contributed by atoms with Crippen LogP contribution in [-0.4, -0.2) is 118 Å². The number of hydrogen-bond donors (Lipinski definition) is 10. The van der Waals surface area contributed by atoms with Crippen molar-refractivity contribution in [2.45, 2.75) is 135 Å². The number of ketones is 1. The first-order valence-corrected chi connectivity index (χ1v) is 46.7. The summed E-state index contributed by atoms with van der Waals surface area (Å²) >= 11 is 31.0. The average molecular weight is 2090 g/mol. The SMILES string of the molecule is C.C=C1C=C(C)c2ccc(O)cc2O1.CCN(CC)C(=S)c1ccc(O)c(OC)c1.CCc1oc2ccccc2c1C(=O)c1ccc(C)cc1.CNC(C)Cc1ccc(O)cc1.COc1cc(CNC(=O)CCCC/C=C/C(C)C)ccc1O.Cc1cc(O)cc(C)c1Cl.Cc1ccc(Oc2ccc(Cl)cc2Cl)c(O)c1.O=[N+]([O-])c1ccc(O)c2ncccc12.Oc1c(I)cc(Cl)c2cccnc12. The van der Waals surface area contributed by atoms with Gasteiger partial charge >= 0.3 is 0 Å². The molecule has 3 aromatic heterocycles. The van der Waals surface area contributed by atoms with Crippen molar-refractivity contribution in [3.05, 3.63) is 357 Å². The fraction of sp³-hybridized carbons (Fsp3) is 0.239. The number of aromatic nitrogens is 2. The highest BCUT2D eigenvalue weighted by atomic mass is 127. The molecule has 1 unspecified atom stereocenters. The van der Waals surface area contributed by atoms with E-state index in [1.165, 1.54) is 38.1 Å². The fourth-order valence-corrected chi connectivity index (χ4v) is 15.2. The summed E-state index contributed by atoms with van der Waals surface area (Å²) in [6.45, 7) is 28.1. The molecule has 0 fully saturated rings. The number of furan rings is 1. The lowest BCUT2D eigenvalue weighted by Gasteiger charge is -2.22. The third-order valence-corrected chi connectivity index (χ3v) is 23.4. The smallest absolute Gasteiger partial charge is 0.279 e. The van der Waals surface area contributed by atoms with Gasteiger partial charge in [0.25, 0.3) is 5.69 Å². The Kier molecular flexibility index (Phi) is 47.1. The number of halogens is 5. The van der Waals surface area contributed by atoms with Crippen molar-refractivity contribution < 1.29 is 78.7 Å². The van der Waals surface area contributed by atoms with Crippen LogP contribution in [-0.2, 0) is 24.2 Å². The number of fused-ring (bicyclic) bond motifs is 4. The Hall–Kier alpha value is -13.1. The molecule has 0 saturated heterocycles. The number of nitro groups is 1. The number of carbonyl (C=O) groups excluding carboxylic acids is 2. The zero-order valence-corrected chi connectivity index (χ0v) is 84.7. The number of ether oxygens (including phenoxy) is 4. The second kappa shape index (κ2) is 57.2.